The summed E-state index contributed by atoms with van der Waals surface area (Å²) in [7, 11) is 1.60. The van der Waals surface area contributed by atoms with Gasteiger partial charge in [-0.25, -0.2) is 4.68 Å². The van der Waals surface area contributed by atoms with Crippen LogP contribution in [0.15, 0.2) is 29.1 Å². The van der Waals surface area contributed by atoms with Crippen molar-refractivity contribution in [3.05, 3.63) is 51.3 Å². The number of aliphatic hydroxyl groups is 1. The molecule has 1 aromatic heterocycles. The smallest absolute Gasteiger partial charge is 0.272 e. The Labute approximate surface area is 118 Å². The second-order valence-electron chi connectivity index (χ2n) is 5.75. The fourth-order valence-corrected chi connectivity index (χ4v) is 2.19. The third-order valence-electron chi connectivity index (χ3n) is 3.39. The van der Waals surface area contributed by atoms with Crippen LogP contribution in [0.3, 0.4) is 0 Å². The molecule has 0 saturated heterocycles. The van der Waals surface area contributed by atoms with Crippen LogP contribution in [0.4, 0.5) is 0 Å². The molecule has 0 spiro atoms. The molecule has 0 amide bonds. The molecular weight excluding hydrogens is 252 g/mol. The van der Waals surface area contributed by atoms with E-state index in [1.807, 2.05) is 32.0 Å². The van der Waals surface area contributed by atoms with E-state index >= 15 is 0 Å². The summed E-state index contributed by atoms with van der Waals surface area (Å²) < 4.78 is 1.28. The van der Waals surface area contributed by atoms with Crippen LogP contribution >= 0.6 is 0 Å². The van der Waals surface area contributed by atoms with Gasteiger partial charge in [0.25, 0.3) is 5.56 Å². The van der Waals surface area contributed by atoms with E-state index in [1.165, 1.54) is 4.68 Å². The SMILES string of the molecule is Cc1ccc(C)c(-c2cc(C(C)(C)O)c(=O)n(C)n2)c1. The van der Waals surface area contributed by atoms with Gasteiger partial charge < -0.3 is 5.11 Å². The molecule has 2 aromatic rings. The Kier molecular flexibility index (Phi) is 3.52. The molecule has 0 radical (unpaired) electrons. The quantitative estimate of drug-likeness (QED) is 0.912. The lowest BCUT2D eigenvalue weighted by Crippen LogP contribution is -2.32. The summed E-state index contributed by atoms with van der Waals surface area (Å²) in [6.07, 6.45) is 0. The Morgan fingerprint density at radius 3 is 2.45 bits per heavy atom. The Bertz CT molecular complexity index is 709. The number of rotatable bonds is 2. The van der Waals surface area contributed by atoms with E-state index in [2.05, 4.69) is 5.10 Å². The molecule has 20 heavy (non-hydrogen) atoms. The van der Waals surface area contributed by atoms with Crippen molar-refractivity contribution in [3.63, 3.8) is 0 Å². The molecule has 106 valence electrons. The number of hydrogen-bond donors (Lipinski definition) is 1. The zero-order valence-corrected chi connectivity index (χ0v) is 12.6. The van der Waals surface area contributed by atoms with Gasteiger partial charge in [-0.1, -0.05) is 17.7 Å². The second-order valence-corrected chi connectivity index (χ2v) is 5.75. The van der Waals surface area contributed by atoms with E-state index in [1.54, 1.807) is 27.0 Å². The van der Waals surface area contributed by atoms with Crippen LogP contribution < -0.4 is 5.56 Å². The topological polar surface area (TPSA) is 55.1 Å². The highest BCUT2D eigenvalue weighted by atomic mass is 16.3. The van der Waals surface area contributed by atoms with Crippen LogP contribution in [0.2, 0.25) is 0 Å². The van der Waals surface area contributed by atoms with Gasteiger partial charge in [0, 0.05) is 12.6 Å². The van der Waals surface area contributed by atoms with Crippen LogP contribution in [-0.4, -0.2) is 14.9 Å². The summed E-state index contributed by atoms with van der Waals surface area (Å²) in [5.41, 5.74) is 2.79. The lowest BCUT2D eigenvalue weighted by Gasteiger charge is -2.19. The van der Waals surface area contributed by atoms with Gasteiger partial charge in [0.1, 0.15) is 0 Å². The first-order valence-corrected chi connectivity index (χ1v) is 6.59. The van der Waals surface area contributed by atoms with Crippen LogP contribution in [-0.2, 0) is 12.6 Å². The average Bonchev–Trinajstić information content (AvgIpc) is 2.34. The Morgan fingerprint density at radius 1 is 1.20 bits per heavy atom. The van der Waals surface area contributed by atoms with Crippen LogP contribution in [0.25, 0.3) is 11.3 Å². The molecule has 0 unspecified atom stereocenters. The van der Waals surface area contributed by atoms with Gasteiger partial charge in [-0.15, -0.1) is 0 Å². The largest absolute Gasteiger partial charge is 0.386 e. The van der Waals surface area contributed by atoms with Gasteiger partial charge in [0.05, 0.1) is 16.9 Å². The molecule has 0 aliphatic rings. The minimum absolute atomic E-state index is 0.272. The van der Waals surface area contributed by atoms with Gasteiger partial charge in [0.15, 0.2) is 0 Å². The van der Waals surface area contributed by atoms with Crippen molar-refractivity contribution in [1.82, 2.24) is 9.78 Å². The van der Waals surface area contributed by atoms with Crippen molar-refractivity contribution in [1.29, 1.82) is 0 Å². The van der Waals surface area contributed by atoms with Crippen molar-refractivity contribution in [2.75, 3.05) is 0 Å². The van der Waals surface area contributed by atoms with E-state index in [0.717, 1.165) is 16.7 Å². The minimum atomic E-state index is -1.19. The highest BCUT2D eigenvalue weighted by molar-refractivity contribution is 5.64. The minimum Gasteiger partial charge on any atom is -0.386 e. The van der Waals surface area contributed by atoms with Crippen molar-refractivity contribution >= 4 is 0 Å². The predicted molar refractivity (Wildman–Crippen MR) is 79.6 cm³/mol. The Hall–Kier alpha value is -1.94. The fraction of sp³-hybridized carbons (Fsp3) is 0.375. The Balaban J connectivity index is 2.74. The molecule has 4 heteroatoms. The zero-order valence-electron chi connectivity index (χ0n) is 12.6. The van der Waals surface area contributed by atoms with Crippen LogP contribution in [0, 0.1) is 13.8 Å². The maximum absolute atomic E-state index is 12.1. The zero-order chi connectivity index (χ0) is 15.1. The van der Waals surface area contributed by atoms with E-state index in [0.29, 0.717) is 11.3 Å². The van der Waals surface area contributed by atoms with Crippen LogP contribution in [0.5, 0.6) is 0 Å². The molecule has 2 rings (SSSR count). The molecule has 0 atom stereocenters. The first-order chi connectivity index (χ1) is 9.20. The second kappa shape index (κ2) is 4.87. The van der Waals surface area contributed by atoms with Crippen molar-refractivity contribution in [3.8, 4) is 11.3 Å². The number of aromatic nitrogens is 2. The normalized spacial score (nSPS) is 11.7. The molecule has 0 saturated carbocycles. The number of nitrogens with zero attached hydrogens (tertiary/aromatic N) is 2. The van der Waals surface area contributed by atoms with Gasteiger partial charge in [0.2, 0.25) is 0 Å². The summed E-state index contributed by atoms with van der Waals surface area (Å²) in [5.74, 6) is 0. The van der Waals surface area contributed by atoms with Gasteiger partial charge in [-0.05, 0) is 45.4 Å². The van der Waals surface area contributed by atoms with Gasteiger partial charge >= 0.3 is 0 Å². The third-order valence-corrected chi connectivity index (χ3v) is 3.39. The summed E-state index contributed by atoms with van der Waals surface area (Å²) >= 11 is 0. The van der Waals surface area contributed by atoms with Crippen molar-refractivity contribution in [2.45, 2.75) is 33.3 Å². The molecule has 0 bridgehead atoms. The van der Waals surface area contributed by atoms with E-state index in [-0.39, 0.29) is 5.56 Å². The highest BCUT2D eigenvalue weighted by Crippen LogP contribution is 2.25. The van der Waals surface area contributed by atoms with Crippen molar-refractivity contribution < 1.29 is 5.11 Å². The fourth-order valence-electron chi connectivity index (χ4n) is 2.19. The van der Waals surface area contributed by atoms with Gasteiger partial charge in [-0.3, -0.25) is 4.79 Å². The maximum Gasteiger partial charge on any atom is 0.272 e. The first-order valence-electron chi connectivity index (χ1n) is 6.59. The molecule has 1 N–H and O–H groups in total. The molecular formula is C16H20N2O2. The number of benzene rings is 1. The van der Waals surface area contributed by atoms with Gasteiger partial charge in [-0.2, -0.15) is 5.10 Å². The van der Waals surface area contributed by atoms with E-state index in [9.17, 15) is 9.90 Å². The lowest BCUT2D eigenvalue weighted by atomic mass is 9.96. The van der Waals surface area contributed by atoms with E-state index < -0.39 is 5.60 Å². The first kappa shape index (κ1) is 14.5. The summed E-state index contributed by atoms with van der Waals surface area (Å²) in [5, 5.41) is 14.5. The highest BCUT2D eigenvalue weighted by Gasteiger charge is 2.22. The summed E-state index contributed by atoms with van der Waals surface area (Å²) in [6.45, 7) is 7.24. The molecule has 0 aliphatic carbocycles. The standard InChI is InChI=1S/C16H20N2O2/c1-10-6-7-11(2)12(8-10)14-9-13(16(3,4)20)15(19)18(5)17-14/h6-9,20H,1-5H3. The molecule has 1 heterocycles. The molecule has 0 fully saturated rings. The number of aryl methyl sites for hydroxylation is 3. The summed E-state index contributed by atoms with van der Waals surface area (Å²) in [4.78, 5) is 12.1. The van der Waals surface area contributed by atoms with Crippen molar-refractivity contribution in [2.24, 2.45) is 7.05 Å². The van der Waals surface area contributed by atoms with E-state index in [4.69, 9.17) is 0 Å². The maximum atomic E-state index is 12.1. The predicted octanol–water partition coefficient (Wildman–Crippen LogP) is 2.29. The van der Waals surface area contributed by atoms with Crippen LogP contribution in [0.1, 0.15) is 30.5 Å². The monoisotopic (exact) mass is 272 g/mol. The third kappa shape index (κ3) is 2.65. The Morgan fingerprint density at radius 2 is 1.85 bits per heavy atom. The summed E-state index contributed by atoms with van der Waals surface area (Å²) in [6, 6.07) is 7.79. The molecule has 4 nitrogen and oxygen atoms in total. The lowest BCUT2D eigenvalue weighted by molar-refractivity contribution is 0.0763. The average molecular weight is 272 g/mol. The number of hydrogen-bond acceptors (Lipinski definition) is 3. The molecule has 0 aliphatic heterocycles. The molecule has 1 aromatic carbocycles.